The van der Waals surface area contributed by atoms with Crippen LogP contribution in [0.3, 0.4) is 0 Å². The van der Waals surface area contributed by atoms with Gasteiger partial charge >= 0.3 is 0 Å². The Balaban J connectivity index is 1.35. The maximum atomic E-state index is 12.9. The van der Waals surface area contributed by atoms with E-state index >= 15 is 0 Å². The Hall–Kier alpha value is -2.83. The Kier molecular flexibility index (Phi) is 5.83. The van der Waals surface area contributed by atoms with Gasteiger partial charge in [0.15, 0.2) is 0 Å². The van der Waals surface area contributed by atoms with Crippen molar-refractivity contribution < 1.29 is 14.3 Å². The number of hydrogen-bond donors (Lipinski definition) is 1. The summed E-state index contributed by atoms with van der Waals surface area (Å²) in [6.07, 6.45) is 5.59. The Labute approximate surface area is 171 Å². The zero-order valence-electron chi connectivity index (χ0n) is 16.9. The molecule has 1 aliphatic heterocycles. The van der Waals surface area contributed by atoms with Crippen LogP contribution >= 0.6 is 0 Å². The number of carbonyl (C=O) groups is 2. The molecule has 1 saturated carbocycles. The molecule has 1 saturated heterocycles. The van der Waals surface area contributed by atoms with Crippen LogP contribution in [0.15, 0.2) is 30.3 Å². The number of aromatic amines is 1. The van der Waals surface area contributed by atoms with Crippen LogP contribution in [0.4, 0.5) is 0 Å². The molecule has 0 radical (unpaired) electrons. The second-order valence-electron chi connectivity index (χ2n) is 7.85. The first-order valence-electron chi connectivity index (χ1n) is 10.4. The van der Waals surface area contributed by atoms with Gasteiger partial charge in [0.25, 0.3) is 5.91 Å². The van der Waals surface area contributed by atoms with Crippen molar-refractivity contribution >= 4 is 11.8 Å². The van der Waals surface area contributed by atoms with E-state index in [4.69, 9.17) is 4.74 Å². The predicted molar refractivity (Wildman–Crippen MR) is 110 cm³/mol. The van der Waals surface area contributed by atoms with Crippen LogP contribution in [0.2, 0.25) is 0 Å². The first kappa shape index (κ1) is 19.5. The van der Waals surface area contributed by atoms with E-state index in [2.05, 4.69) is 10.2 Å². The lowest BCUT2D eigenvalue weighted by molar-refractivity contribution is -0.138. The molecule has 2 aromatic rings. The van der Waals surface area contributed by atoms with Gasteiger partial charge in [0, 0.05) is 37.7 Å². The monoisotopic (exact) mass is 396 g/mol. The molecule has 2 amide bonds. The zero-order chi connectivity index (χ0) is 20.2. The SMILES string of the molecule is COc1ccc(-c2cc(C(=O)N3CCN(C(=O)C4CCCCC4)CC3)[nH]n2)cc1. The third kappa shape index (κ3) is 4.28. The quantitative estimate of drug-likeness (QED) is 0.862. The highest BCUT2D eigenvalue weighted by Gasteiger charge is 2.30. The second-order valence-corrected chi connectivity index (χ2v) is 7.85. The molecule has 7 heteroatoms. The Morgan fingerprint density at radius 3 is 2.31 bits per heavy atom. The van der Waals surface area contributed by atoms with Crippen molar-refractivity contribution in [2.75, 3.05) is 33.3 Å². The van der Waals surface area contributed by atoms with Crippen molar-refractivity contribution in [3.63, 3.8) is 0 Å². The summed E-state index contributed by atoms with van der Waals surface area (Å²) in [6.45, 7) is 2.35. The summed E-state index contributed by atoms with van der Waals surface area (Å²) in [4.78, 5) is 29.3. The average molecular weight is 396 g/mol. The van der Waals surface area contributed by atoms with E-state index in [1.807, 2.05) is 29.2 Å². The molecule has 1 N–H and O–H groups in total. The number of piperazine rings is 1. The highest BCUT2D eigenvalue weighted by molar-refractivity contribution is 5.93. The number of aromatic nitrogens is 2. The van der Waals surface area contributed by atoms with Gasteiger partial charge in [-0.1, -0.05) is 19.3 Å². The van der Waals surface area contributed by atoms with Crippen LogP contribution in [0.5, 0.6) is 5.75 Å². The molecule has 4 rings (SSSR count). The highest BCUT2D eigenvalue weighted by atomic mass is 16.5. The largest absolute Gasteiger partial charge is 0.497 e. The number of H-pyrrole nitrogens is 1. The second kappa shape index (κ2) is 8.68. The topological polar surface area (TPSA) is 78.5 Å². The molecule has 0 atom stereocenters. The number of nitrogens with zero attached hydrogens (tertiary/aromatic N) is 3. The van der Waals surface area contributed by atoms with Crippen molar-refractivity contribution in [2.45, 2.75) is 32.1 Å². The fourth-order valence-electron chi connectivity index (χ4n) is 4.25. The van der Waals surface area contributed by atoms with E-state index < -0.39 is 0 Å². The lowest BCUT2D eigenvalue weighted by Gasteiger charge is -2.37. The third-order valence-electron chi connectivity index (χ3n) is 6.03. The molecular weight excluding hydrogens is 368 g/mol. The van der Waals surface area contributed by atoms with Gasteiger partial charge in [0.05, 0.1) is 12.8 Å². The normalized spacial score (nSPS) is 18.0. The maximum absolute atomic E-state index is 12.9. The van der Waals surface area contributed by atoms with Crippen molar-refractivity contribution in [1.29, 1.82) is 0 Å². The standard InChI is InChI=1S/C22H28N4O3/c1-29-18-9-7-16(8-10-18)19-15-20(24-23-19)22(28)26-13-11-25(12-14-26)21(27)17-5-3-2-4-6-17/h7-10,15,17H,2-6,11-14H2,1H3,(H,23,24). The molecule has 29 heavy (non-hydrogen) atoms. The lowest BCUT2D eigenvalue weighted by atomic mass is 9.88. The molecule has 0 spiro atoms. The Bertz CT molecular complexity index is 847. The first-order chi connectivity index (χ1) is 14.2. The van der Waals surface area contributed by atoms with Crippen LogP contribution in [-0.4, -0.2) is 65.1 Å². The van der Waals surface area contributed by atoms with E-state index in [1.165, 1.54) is 6.42 Å². The van der Waals surface area contributed by atoms with Crippen LogP contribution < -0.4 is 4.74 Å². The number of methoxy groups -OCH3 is 1. The van der Waals surface area contributed by atoms with Crippen LogP contribution in [-0.2, 0) is 4.79 Å². The molecular formula is C22H28N4O3. The van der Waals surface area contributed by atoms with E-state index in [0.717, 1.165) is 42.7 Å². The van der Waals surface area contributed by atoms with Crippen molar-refractivity contribution in [3.8, 4) is 17.0 Å². The number of hydrogen-bond acceptors (Lipinski definition) is 4. The summed E-state index contributed by atoms with van der Waals surface area (Å²) in [5, 5.41) is 7.15. The van der Waals surface area contributed by atoms with Gasteiger partial charge in [-0.15, -0.1) is 0 Å². The van der Waals surface area contributed by atoms with Gasteiger partial charge in [-0.3, -0.25) is 14.7 Å². The molecule has 1 aromatic heterocycles. The van der Waals surface area contributed by atoms with E-state index in [-0.39, 0.29) is 17.7 Å². The number of nitrogens with one attached hydrogen (secondary N) is 1. The minimum absolute atomic E-state index is 0.0676. The number of carbonyl (C=O) groups excluding carboxylic acids is 2. The molecule has 2 heterocycles. The maximum Gasteiger partial charge on any atom is 0.272 e. The van der Waals surface area contributed by atoms with Gasteiger partial charge in [-0.2, -0.15) is 5.10 Å². The highest BCUT2D eigenvalue weighted by Crippen LogP contribution is 2.26. The fraction of sp³-hybridized carbons (Fsp3) is 0.500. The average Bonchev–Trinajstić information content (AvgIpc) is 3.29. The van der Waals surface area contributed by atoms with Crippen molar-refractivity contribution in [1.82, 2.24) is 20.0 Å². The number of benzene rings is 1. The summed E-state index contributed by atoms with van der Waals surface area (Å²) < 4.78 is 5.17. The molecule has 1 aliphatic carbocycles. The molecule has 2 aliphatic rings. The summed E-state index contributed by atoms with van der Waals surface area (Å²) >= 11 is 0. The molecule has 0 bridgehead atoms. The number of ether oxygens (including phenoxy) is 1. The molecule has 2 fully saturated rings. The molecule has 0 unspecified atom stereocenters. The van der Waals surface area contributed by atoms with E-state index in [0.29, 0.717) is 31.9 Å². The minimum atomic E-state index is -0.0676. The molecule has 154 valence electrons. The lowest BCUT2D eigenvalue weighted by Crippen LogP contribution is -2.52. The van der Waals surface area contributed by atoms with Crippen molar-refractivity contribution in [2.24, 2.45) is 5.92 Å². The van der Waals surface area contributed by atoms with E-state index in [9.17, 15) is 9.59 Å². The summed E-state index contributed by atoms with van der Waals surface area (Å²) in [7, 11) is 1.63. The Morgan fingerprint density at radius 2 is 1.66 bits per heavy atom. The van der Waals surface area contributed by atoms with Gasteiger partial charge < -0.3 is 14.5 Å². The van der Waals surface area contributed by atoms with Crippen LogP contribution in [0.1, 0.15) is 42.6 Å². The van der Waals surface area contributed by atoms with Crippen LogP contribution in [0.25, 0.3) is 11.3 Å². The summed E-state index contributed by atoms with van der Waals surface area (Å²) in [5.41, 5.74) is 2.12. The fourth-order valence-corrected chi connectivity index (χ4v) is 4.25. The summed E-state index contributed by atoms with van der Waals surface area (Å²) in [6, 6.07) is 9.35. The van der Waals surface area contributed by atoms with Gasteiger partial charge in [0.2, 0.25) is 5.91 Å². The molecule has 7 nitrogen and oxygen atoms in total. The summed E-state index contributed by atoms with van der Waals surface area (Å²) in [5.74, 6) is 1.18. The minimum Gasteiger partial charge on any atom is -0.497 e. The Morgan fingerprint density at radius 1 is 1.00 bits per heavy atom. The molecule has 1 aromatic carbocycles. The third-order valence-corrected chi connectivity index (χ3v) is 6.03. The number of rotatable bonds is 4. The number of amides is 2. The van der Waals surface area contributed by atoms with Gasteiger partial charge in [-0.25, -0.2) is 0 Å². The van der Waals surface area contributed by atoms with Crippen LogP contribution in [0, 0.1) is 5.92 Å². The smallest absolute Gasteiger partial charge is 0.272 e. The van der Waals surface area contributed by atoms with Gasteiger partial charge in [-0.05, 0) is 43.2 Å². The zero-order valence-corrected chi connectivity index (χ0v) is 16.9. The van der Waals surface area contributed by atoms with E-state index in [1.54, 1.807) is 18.1 Å². The first-order valence-corrected chi connectivity index (χ1v) is 10.4. The van der Waals surface area contributed by atoms with Crippen molar-refractivity contribution in [3.05, 3.63) is 36.0 Å². The predicted octanol–water partition coefficient (Wildman–Crippen LogP) is 2.95. The van der Waals surface area contributed by atoms with Gasteiger partial charge in [0.1, 0.15) is 11.4 Å².